The number of likely N-dealkylation sites (tertiary alicyclic amines) is 1. The lowest BCUT2D eigenvalue weighted by Gasteiger charge is -2.42. The lowest BCUT2D eigenvalue weighted by atomic mass is 9.89. The molecule has 6 rings (SSSR count). The van der Waals surface area contributed by atoms with Crippen LogP contribution in [0.15, 0.2) is 30.7 Å². The number of likely N-dealkylation sites (N-methyl/N-ethyl adjacent to an activating group) is 2. The van der Waals surface area contributed by atoms with Crippen LogP contribution in [0.4, 0.5) is 10.2 Å². The Balaban J connectivity index is 1.34. The molecule has 10 nitrogen and oxygen atoms in total. The van der Waals surface area contributed by atoms with E-state index in [4.69, 9.17) is 14.7 Å². The Bertz CT molecular complexity index is 1470. The van der Waals surface area contributed by atoms with Crippen molar-refractivity contribution >= 4 is 22.6 Å². The SMILES string of the molecule is C=C(F)C(=O)N1CCN(c2nc(OCC3CCCN3C)nc3c2CN(C)C(c2c(C)ccc4[nH]ncc24)C3)C[C@H]1C. The Hall–Kier alpha value is -3.57. The topological polar surface area (TPSA) is 93.7 Å². The van der Waals surface area contributed by atoms with Crippen LogP contribution < -0.4 is 9.64 Å². The molecule has 5 heterocycles. The van der Waals surface area contributed by atoms with Gasteiger partial charge in [0.1, 0.15) is 12.4 Å². The van der Waals surface area contributed by atoms with Crippen LogP contribution in [0.1, 0.15) is 48.2 Å². The molecule has 0 saturated carbocycles. The number of nitrogens with zero attached hydrogens (tertiary/aromatic N) is 7. The number of aryl methyl sites for hydroxylation is 1. The number of hydrogen-bond acceptors (Lipinski definition) is 8. The summed E-state index contributed by atoms with van der Waals surface area (Å²) in [6.45, 7) is 11.0. The highest BCUT2D eigenvalue weighted by atomic mass is 19.1. The zero-order chi connectivity index (χ0) is 28.8. The number of fused-ring (bicyclic) bond motifs is 2. The normalized spacial score (nSPS) is 23.7. The van der Waals surface area contributed by atoms with Gasteiger partial charge in [-0.1, -0.05) is 12.6 Å². The standard InChI is InChI=1S/C30H39FN8O2/c1-18-8-9-24-22(14-32-35-24)27(18)26-13-25-23(16-37(26)5)28(34-30(33-25)41-17-21-7-6-10-36(21)4)38-11-12-39(19(2)15-38)29(40)20(3)31/h8-9,14,19,21,26H,3,6-7,10-13,15-17H2,1-2,4-5H3,(H,32,35)/t19-,21?,26?/m1/s1. The molecule has 3 aromatic rings. The first kappa shape index (κ1) is 27.6. The van der Waals surface area contributed by atoms with Crippen molar-refractivity contribution in [1.29, 1.82) is 0 Å². The van der Waals surface area contributed by atoms with E-state index in [1.165, 1.54) is 17.5 Å². The van der Waals surface area contributed by atoms with E-state index in [0.717, 1.165) is 40.9 Å². The Morgan fingerprint density at radius 1 is 1.20 bits per heavy atom. The molecule has 41 heavy (non-hydrogen) atoms. The van der Waals surface area contributed by atoms with Crippen molar-refractivity contribution in [1.82, 2.24) is 34.9 Å². The quantitative estimate of drug-likeness (QED) is 0.457. The number of anilines is 1. The number of amides is 1. The summed E-state index contributed by atoms with van der Waals surface area (Å²) >= 11 is 0. The van der Waals surface area contributed by atoms with Gasteiger partial charge in [-0.15, -0.1) is 0 Å². The van der Waals surface area contributed by atoms with Crippen molar-refractivity contribution in [3.05, 3.63) is 53.1 Å². The van der Waals surface area contributed by atoms with E-state index in [-0.39, 0.29) is 12.1 Å². The number of aromatic nitrogens is 4. The van der Waals surface area contributed by atoms with E-state index < -0.39 is 11.7 Å². The maximum absolute atomic E-state index is 13.7. The van der Waals surface area contributed by atoms with Gasteiger partial charge in [-0.25, -0.2) is 4.39 Å². The predicted octanol–water partition coefficient (Wildman–Crippen LogP) is 3.38. The summed E-state index contributed by atoms with van der Waals surface area (Å²) in [5.74, 6) is -0.725. The second-order valence-corrected chi connectivity index (χ2v) is 11.8. The van der Waals surface area contributed by atoms with E-state index in [2.05, 4.69) is 64.6 Å². The molecule has 3 atom stereocenters. The number of piperazine rings is 1. The van der Waals surface area contributed by atoms with Gasteiger partial charge in [0, 0.05) is 61.7 Å². The maximum atomic E-state index is 13.7. The predicted molar refractivity (Wildman–Crippen MR) is 156 cm³/mol. The van der Waals surface area contributed by atoms with Crippen LogP contribution in [0.3, 0.4) is 0 Å². The Morgan fingerprint density at radius 3 is 2.76 bits per heavy atom. The van der Waals surface area contributed by atoms with E-state index in [1.54, 1.807) is 4.90 Å². The highest BCUT2D eigenvalue weighted by molar-refractivity contribution is 5.91. The molecular formula is C30H39FN8O2. The molecule has 1 aromatic carbocycles. The number of H-pyrrole nitrogens is 1. The molecule has 11 heteroatoms. The lowest BCUT2D eigenvalue weighted by Crippen LogP contribution is -2.54. The van der Waals surface area contributed by atoms with Gasteiger partial charge < -0.3 is 19.4 Å². The van der Waals surface area contributed by atoms with Crippen LogP contribution in [-0.4, -0.2) is 99.7 Å². The minimum Gasteiger partial charge on any atom is -0.462 e. The largest absolute Gasteiger partial charge is 0.462 e. The van der Waals surface area contributed by atoms with Crippen molar-refractivity contribution in [2.45, 2.75) is 57.8 Å². The van der Waals surface area contributed by atoms with Crippen molar-refractivity contribution in [2.24, 2.45) is 0 Å². The fourth-order valence-electron chi connectivity index (χ4n) is 6.73. The summed E-state index contributed by atoms with van der Waals surface area (Å²) in [6.07, 6.45) is 4.89. The summed E-state index contributed by atoms with van der Waals surface area (Å²) in [5, 5.41) is 8.54. The number of ether oxygens (including phenoxy) is 1. The molecule has 2 unspecified atom stereocenters. The second-order valence-electron chi connectivity index (χ2n) is 11.8. The minimum absolute atomic E-state index is 0.115. The van der Waals surface area contributed by atoms with E-state index >= 15 is 0 Å². The molecule has 3 aliphatic rings. The molecule has 1 N–H and O–H groups in total. The third-order valence-corrected chi connectivity index (χ3v) is 9.09. The average molecular weight is 563 g/mol. The molecule has 2 aromatic heterocycles. The number of benzene rings is 1. The third kappa shape index (κ3) is 5.17. The maximum Gasteiger partial charge on any atom is 0.318 e. The highest BCUT2D eigenvalue weighted by Gasteiger charge is 2.35. The molecular weight excluding hydrogens is 523 g/mol. The Morgan fingerprint density at radius 2 is 2.02 bits per heavy atom. The molecule has 3 aliphatic heterocycles. The number of rotatable bonds is 6. The van der Waals surface area contributed by atoms with Crippen LogP contribution in [-0.2, 0) is 17.8 Å². The van der Waals surface area contributed by atoms with Crippen LogP contribution in [0.25, 0.3) is 10.9 Å². The minimum atomic E-state index is -0.923. The van der Waals surface area contributed by atoms with Gasteiger partial charge in [0.25, 0.3) is 5.91 Å². The number of nitrogens with one attached hydrogen (secondary N) is 1. The molecule has 218 valence electrons. The van der Waals surface area contributed by atoms with Gasteiger partial charge in [-0.2, -0.15) is 15.1 Å². The van der Waals surface area contributed by atoms with Crippen LogP contribution in [0.2, 0.25) is 0 Å². The first-order chi connectivity index (χ1) is 19.7. The summed E-state index contributed by atoms with van der Waals surface area (Å²) < 4.78 is 19.9. The average Bonchev–Trinajstić information content (AvgIpc) is 3.59. The number of carbonyl (C=O) groups excluding carboxylic acids is 1. The van der Waals surface area contributed by atoms with Gasteiger partial charge in [0.2, 0.25) is 0 Å². The van der Waals surface area contributed by atoms with Gasteiger partial charge >= 0.3 is 6.01 Å². The van der Waals surface area contributed by atoms with Crippen molar-refractivity contribution in [2.75, 3.05) is 51.8 Å². The zero-order valence-electron chi connectivity index (χ0n) is 24.4. The van der Waals surface area contributed by atoms with Gasteiger partial charge in [0.15, 0.2) is 5.83 Å². The third-order valence-electron chi connectivity index (χ3n) is 9.09. The van der Waals surface area contributed by atoms with Crippen molar-refractivity contribution in [3.8, 4) is 6.01 Å². The van der Waals surface area contributed by atoms with Gasteiger partial charge in [-0.05, 0) is 64.5 Å². The summed E-state index contributed by atoms with van der Waals surface area (Å²) in [7, 11) is 4.27. The summed E-state index contributed by atoms with van der Waals surface area (Å²) in [4.78, 5) is 30.7. The number of carbonyl (C=O) groups is 1. The van der Waals surface area contributed by atoms with E-state index in [9.17, 15) is 9.18 Å². The highest BCUT2D eigenvalue weighted by Crippen LogP contribution is 2.40. The lowest BCUT2D eigenvalue weighted by molar-refractivity contribution is -0.131. The Kier molecular flexibility index (Phi) is 7.41. The van der Waals surface area contributed by atoms with Crippen LogP contribution in [0, 0.1) is 6.92 Å². The first-order valence-corrected chi connectivity index (χ1v) is 14.5. The molecule has 0 spiro atoms. The monoisotopic (exact) mass is 562 g/mol. The summed E-state index contributed by atoms with van der Waals surface area (Å²) in [5.41, 5.74) is 5.56. The molecule has 2 fully saturated rings. The van der Waals surface area contributed by atoms with Gasteiger partial charge in [-0.3, -0.25) is 14.8 Å². The number of aromatic amines is 1. The van der Waals surface area contributed by atoms with E-state index in [0.29, 0.717) is 51.3 Å². The van der Waals surface area contributed by atoms with Crippen molar-refractivity contribution in [3.63, 3.8) is 0 Å². The molecule has 1 amide bonds. The molecule has 0 bridgehead atoms. The van der Waals surface area contributed by atoms with Crippen molar-refractivity contribution < 1.29 is 13.9 Å². The molecule has 2 saturated heterocycles. The van der Waals surface area contributed by atoms with Crippen LogP contribution >= 0.6 is 0 Å². The molecule has 0 radical (unpaired) electrons. The fraction of sp³-hybridized carbons (Fsp3) is 0.533. The second kappa shape index (κ2) is 11.0. The molecule has 0 aliphatic carbocycles. The van der Waals surface area contributed by atoms with Crippen LogP contribution in [0.5, 0.6) is 6.01 Å². The number of hydrogen-bond donors (Lipinski definition) is 1. The van der Waals surface area contributed by atoms with E-state index in [1.807, 2.05) is 13.1 Å². The fourth-order valence-corrected chi connectivity index (χ4v) is 6.73. The number of halogens is 1. The Labute approximate surface area is 240 Å². The first-order valence-electron chi connectivity index (χ1n) is 14.5. The smallest absolute Gasteiger partial charge is 0.318 e. The van der Waals surface area contributed by atoms with Gasteiger partial charge in [0.05, 0.1) is 17.4 Å². The zero-order valence-corrected chi connectivity index (χ0v) is 24.4. The summed E-state index contributed by atoms with van der Waals surface area (Å²) in [6, 6.07) is 4.88.